The highest BCUT2D eigenvalue weighted by Crippen LogP contribution is 2.40. The van der Waals surface area contributed by atoms with Crippen LogP contribution in [0.1, 0.15) is 19.8 Å². The smallest absolute Gasteiger partial charge is 0.175 e. The molecule has 0 aliphatic carbocycles. The van der Waals surface area contributed by atoms with Crippen LogP contribution in [0.25, 0.3) is 11.2 Å². The molecule has 3 heterocycles. The van der Waals surface area contributed by atoms with Gasteiger partial charge in [-0.3, -0.25) is 0 Å². The molecule has 1 aliphatic heterocycles. The number of unbranched alkanes of at least 4 members (excludes halogenated alkanes) is 1. The summed E-state index contributed by atoms with van der Waals surface area (Å²) < 4.78 is 14.7. The Labute approximate surface area is 187 Å². The Morgan fingerprint density at radius 2 is 2.00 bits per heavy atom. The van der Waals surface area contributed by atoms with Crippen LogP contribution < -0.4 is 20.5 Å². The molecule has 1 aromatic carbocycles. The van der Waals surface area contributed by atoms with Gasteiger partial charge in [0.2, 0.25) is 0 Å². The summed E-state index contributed by atoms with van der Waals surface area (Å²) in [6.07, 6.45) is 3.60. The summed E-state index contributed by atoms with van der Waals surface area (Å²) in [5, 5.41) is 4.22. The molecule has 29 heavy (non-hydrogen) atoms. The molecule has 0 saturated heterocycles. The lowest BCUT2D eigenvalue weighted by Gasteiger charge is -2.19. The Morgan fingerprint density at radius 1 is 1.21 bits per heavy atom. The number of ether oxygens (including phenoxy) is 2. The van der Waals surface area contributed by atoms with E-state index in [1.165, 1.54) is 6.33 Å². The van der Waals surface area contributed by atoms with Gasteiger partial charge in [0.05, 0.1) is 0 Å². The zero-order valence-electron chi connectivity index (χ0n) is 16.2. The number of hydrogen-bond acceptors (Lipinski definition) is 8. The summed E-state index contributed by atoms with van der Waals surface area (Å²) in [5.74, 6) is 1.96. The highest BCUT2D eigenvalue weighted by molar-refractivity contribution is 14.1. The van der Waals surface area contributed by atoms with Crippen LogP contribution in [0.15, 0.2) is 28.5 Å². The minimum Gasteiger partial charge on any atom is -0.486 e. The maximum Gasteiger partial charge on any atom is 0.175 e. The lowest BCUT2D eigenvalue weighted by molar-refractivity contribution is 0.171. The number of nitrogens with two attached hydrogens (primary N) is 1. The molecule has 0 atom stereocenters. The normalized spacial score (nSPS) is 13.2. The number of hydrogen-bond donors (Lipinski definition) is 2. The maximum atomic E-state index is 6.06. The average Bonchev–Trinajstić information content (AvgIpc) is 3.07. The van der Waals surface area contributed by atoms with E-state index in [4.69, 9.17) is 20.2 Å². The van der Waals surface area contributed by atoms with Crippen LogP contribution >= 0.6 is 34.4 Å². The van der Waals surface area contributed by atoms with E-state index in [1.54, 1.807) is 11.8 Å². The van der Waals surface area contributed by atoms with Crippen LogP contribution in [0.2, 0.25) is 0 Å². The quantitative estimate of drug-likeness (QED) is 0.341. The predicted molar refractivity (Wildman–Crippen MR) is 122 cm³/mol. The summed E-state index contributed by atoms with van der Waals surface area (Å²) in [5.41, 5.74) is 7.48. The van der Waals surface area contributed by atoms with Gasteiger partial charge in [0.25, 0.3) is 0 Å². The molecule has 154 valence electrons. The number of nitrogen functional groups attached to an aromatic ring is 1. The number of halogens is 1. The number of aromatic nitrogens is 4. The van der Waals surface area contributed by atoms with Crippen LogP contribution in [-0.2, 0) is 6.54 Å². The van der Waals surface area contributed by atoms with Crippen molar-refractivity contribution < 1.29 is 9.47 Å². The SMILES string of the molecule is CCNCCCCn1c(Sc2cc3c(cc2I)OCCO3)nc2c(N)ncnc21. The Kier molecular flexibility index (Phi) is 6.60. The Morgan fingerprint density at radius 3 is 2.79 bits per heavy atom. The van der Waals surface area contributed by atoms with E-state index < -0.39 is 0 Å². The van der Waals surface area contributed by atoms with Gasteiger partial charge in [0.15, 0.2) is 33.6 Å². The van der Waals surface area contributed by atoms with Crippen molar-refractivity contribution in [2.45, 2.75) is 36.4 Å². The minimum atomic E-state index is 0.403. The molecule has 0 spiro atoms. The number of benzene rings is 1. The number of fused-ring (bicyclic) bond motifs is 2. The summed E-state index contributed by atoms with van der Waals surface area (Å²) in [6, 6.07) is 4.03. The molecule has 0 radical (unpaired) electrons. The maximum absolute atomic E-state index is 6.06. The zero-order chi connectivity index (χ0) is 20.2. The van der Waals surface area contributed by atoms with Crippen molar-refractivity contribution in [3.63, 3.8) is 0 Å². The van der Waals surface area contributed by atoms with Gasteiger partial charge in [0, 0.05) is 15.0 Å². The summed E-state index contributed by atoms with van der Waals surface area (Å²) in [4.78, 5) is 14.4. The van der Waals surface area contributed by atoms with Gasteiger partial charge in [-0.2, -0.15) is 0 Å². The van der Waals surface area contributed by atoms with E-state index in [0.29, 0.717) is 24.5 Å². The van der Waals surface area contributed by atoms with Gasteiger partial charge in [-0.25, -0.2) is 15.0 Å². The first-order chi connectivity index (χ1) is 14.2. The van der Waals surface area contributed by atoms with Crippen LogP contribution in [-0.4, -0.2) is 45.8 Å². The summed E-state index contributed by atoms with van der Waals surface area (Å²) in [6.45, 7) is 6.07. The number of rotatable bonds is 8. The third-order valence-corrected chi connectivity index (χ3v) is 6.87. The van der Waals surface area contributed by atoms with E-state index in [9.17, 15) is 0 Å². The van der Waals surface area contributed by atoms with Crippen LogP contribution in [0.5, 0.6) is 11.5 Å². The molecule has 1 aliphatic rings. The molecule has 8 nitrogen and oxygen atoms in total. The van der Waals surface area contributed by atoms with Gasteiger partial charge in [-0.1, -0.05) is 18.7 Å². The standard InChI is InChI=1S/C19H23IN6O2S/c1-2-22-5-3-4-6-26-18-16(17(21)23-11-24-18)25-19(26)29-15-10-14-13(9-12(15)20)27-7-8-28-14/h9-11,22H,2-8H2,1H3,(H2,21,23,24). The van der Waals surface area contributed by atoms with Gasteiger partial charge in [-0.05, 0) is 60.7 Å². The van der Waals surface area contributed by atoms with Crippen molar-refractivity contribution in [3.05, 3.63) is 22.0 Å². The van der Waals surface area contributed by atoms with Crippen molar-refractivity contribution >= 4 is 51.3 Å². The second kappa shape index (κ2) is 9.35. The van der Waals surface area contributed by atoms with E-state index in [1.807, 2.05) is 12.1 Å². The minimum absolute atomic E-state index is 0.403. The van der Waals surface area contributed by atoms with Gasteiger partial charge >= 0.3 is 0 Å². The summed E-state index contributed by atoms with van der Waals surface area (Å²) in [7, 11) is 0. The van der Waals surface area contributed by atoms with Crippen molar-refractivity contribution in [3.8, 4) is 11.5 Å². The number of nitrogens with zero attached hydrogens (tertiary/aromatic N) is 4. The molecule has 0 saturated carbocycles. The fraction of sp³-hybridized carbons (Fsp3) is 0.421. The molecule has 0 bridgehead atoms. The topological polar surface area (TPSA) is 100 Å². The van der Waals surface area contributed by atoms with Crippen molar-refractivity contribution in [1.82, 2.24) is 24.8 Å². The third kappa shape index (κ3) is 4.53. The molecule has 3 aromatic rings. The van der Waals surface area contributed by atoms with E-state index in [0.717, 1.165) is 63.2 Å². The molecule has 10 heteroatoms. The molecule has 0 fully saturated rings. The first-order valence-electron chi connectivity index (χ1n) is 9.61. The van der Waals surface area contributed by atoms with Crippen LogP contribution in [0, 0.1) is 3.57 Å². The fourth-order valence-electron chi connectivity index (χ4n) is 3.13. The lowest BCUT2D eigenvalue weighted by atomic mass is 10.3. The molecule has 2 aromatic heterocycles. The first kappa shape index (κ1) is 20.5. The Balaban J connectivity index is 1.64. The van der Waals surface area contributed by atoms with Crippen molar-refractivity contribution in [2.24, 2.45) is 0 Å². The largest absolute Gasteiger partial charge is 0.486 e. The first-order valence-corrected chi connectivity index (χ1v) is 11.5. The molecular formula is C19H23IN6O2S. The van der Waals surface area contributed by atoms with Crippen molar-refractivity contribution in [1.29, 1.82) is 0 Å². The Bertz CT molecular complexity index is 1010. The fourth-order valence-corrected chi connectivity index (χ4v) is 4.84. The average molecular weight is 526 g/mol. The van der Waals surface area contributed by atoms with Crippen LogP contribution in [0.4, 0.5) is 5.82 Å². The van der Waals surface area contributed by atoms with E-state index in [2.05, 4.69) is 49.4 Å². The molecule has 4 rings (SSSR count). The predicted octanol–water partition coefficient (Wildman–Crippen LogP) is 3.33. The number of nitrogens with one attached hydrogen (secondary N) is 1. The number of aryl methyl sites for hydroxylation is 1. The van der Waals surface area contributed by atoms with E-state index >= 15 is 0 Å². The van der Waals surface area contributed by atoms with Gasteiger partial charge in [-0.15, -0.1) is 0 Å². The van der Waals surface area contributed by atoms with Gasteiger partial charge < -0.3 is 25.1 Å². The highest BCUT2D eigenvalue weighted by atomic mass is 127. The second-order valence-corrected chi connectivity index (χ2v) is 8.74. The zero-order valence-corrected chi connectivity index (χ0v) is 19.1. The van der Waals surface area contributed by atoms with Crippen LogP contribution in [0.3, 0.4) is 0 Å². The Hall–Kier alpha value is -1.79. The third-order valence-electron chi connectivity index (χ3n) is 4.56. The highest BCUT2D eigenvalue weighted by Gasteiger charge is 2.20. The van der Waals surface area contributed by atoms with E-state index in [-0.39, 0.29) is 0 Å². The monoisotopic (exact) mass is 526 g/mol. The molecular weight excluding hydrogens is 503 g/mol. The van der Waals surface area contributed by atoms with Gasteiger partial charge in [0.1, 0.15) is 19.5 Å². The summed E-state index contributed by atoms with van der Waals surface area (Å²) >= 11 is 3.91. The van der Waals surface area contributed by atoms with Crippen molar-refractivity contribution in [2.75, 3.05) is 32.0 Å². The second-order valence-electron chi connectivity index (χ2n) is 6.57. The number of imidazole rings is 1. The number of anilines is 1. The molecule has 3 N–H and O–H groups in total. The molecule has 0 unspecified atom stereocenters. The lowest BCUT2D eigenvalue weighted by Crippen LogP contribution is -2.15. The molecule has 0 amide bonds.